The van der Waals surface area contributed by atoms with Gasteiger partial charge in [-0.1, -0.05) is 42.0 Å². The zero-order chi connectivity index (χ0) is 20.8. The third kappa shape index (κ3) is 4.58. The van der Waals surface area contributed by atoms with E-state index in [0.29, 0.717) is 0 Å². The monoisotopic (exact) mass is 392 g/mol. The summed E-state index contributed by atoms with van der Waals surface area (Å²) in [5.41, 5.74) is 6.82. The molecule has 0 radical (unpaired) electrons. The van der Waals surface area contributed by atoms with Gasteiger partial charge in [-0.3, -0.25) is 4.98 Å². The second kappa shape index (κ2) is 9.10. The SMILES string of the molecule is COc1ccc(N(c2ccc(C)cc2)c2ccc(/C=C/c3ccncc3)cc2)cc1. The predicted molar refractivity (Wildman–Crippen MR) is 126 cm³/mol. The molecular formula is C27H24N2O. The van der Waals surface area contributed by atoms with Crippen LogP contribution >= 0.6 is 0 Å². The van der Waals surface area contributed by atoms with Crippen LogP contribution in [0.25, 0.3) is 12.2 Å². The maximum absolute atomic E-state index is 5.33. The Morgan fingerprint density at radius 1 is 0.633 bits per heavy atom. The lowest BCUT2D eigenvalue weighted by Crippen LogP contribution is -2.09. The third-order valence-corrected chi connectivity index (χ3v) is 4.95. The fourth-order valence-corrected chi connectivity index (χ4v) is 3.27. The van der Waals surface area contributed by atoms with E-state index >= 15 is 0 Å². The molecule has 0 fully saturated rings. The first-order chi connectivity index (χ1) is 14.7. The van der Waals surface area contributed by atoms with Gasteiger partial charge in [-0.15, -0.1) is 0 Å². The highest BCUT2D eigenvalue weighted by Gasteiger charge is 2.12. The van der Waals surface area contributed by atoms with Crippen molar-refractivity contribution in [1.82, 2.24) is 4.98 Å². The fraction of sp³-hybridized carbons (Fsp3) is 0.0741. The number of pyridine rings is 1. The predicted octanol–water partition coefficient (Wildman–Crippen LogP) is 7.04. The van der Waals surface area contributed by atoms with Crippen molar-refractivity contribution in [2.75, 3.05) is 12.0 Å². The van der Waals surface area contributed by atoms with E-state index in [-0.39, 0.29) is 0 Å². The lowest BCUT2D eigenvalue weighted by Gasteiger charge is -2.26. The minimum atomic E-state index is 0.846. The number of hydrogen-bond acceptors (Lipinski definition) is 3. The van der Waals surface area contributed by atoms with Crippen molar-refractivity contribution in [2.45, 2.75) is 6.92 Å². The molecular weight excluding hydrogens is 368 g/mol. The van der Waals surface area contributed by atoms with Gasteiger partial charge in [0.25, 0.3) is 0 Å². The molecule has 30 heavy (non-hydrogen) atoms. The summed E-state index contributed by atoms with van der Waals surface area (Å²) < 4.78 is 5.33. The van der Waals surface area contributed by atoms with Crippen LogP contribution in [0.15, 0.2) is 97.3 Å². The first-order valence-corrected chi connectivity index (χ1v) is 9.92. The average molecular weight is 393 g/mol. The van der Waals surface area contributed by atoms with E-state index in [9.17, 15) is 0 Å². The van der Waals surface area contributed by atoms with Gasteiger partial charge in [0, 0.05) is 29.5 Å². The minimum Gasteiger partial charge on any atom is -0.497 e. The summed E-state index contributed by atoms with van der Waals surface area (Å²) in [6.45, 7) is 2.10. The Morgan fingerprint density at radius 3 is 1.63 bits per heavy atom. The normalized spacial score (nSPS) is 10.9. The molecule has 0 N–H and O–H groups in total. The van der Waals surface area contributed by atoms with Crippen LogP contribution in [-0.4, -0.2) is 12.1 Å². The highest BCUT2D eigenvalue weighted by Crippen LogP contribution is 2.35. The molecule has 0 aliphatic rings. The van der Waals surface area contributed by atoms with Crippen LogP contribution in [0.5, 0.6) is 5.75 Å². The number of aryl methyl sites for hydroxylation is 1. The molecule has 0 saturated heterocycles. The number of ether oxygens (including phenoxy) is 1. The van der Waals surface area contributed by atoms with E-state index in [2.05, 4.69) is 89.6 Å². The quantitative estimate of drug-likeness (QED) is 0.352. The molecule has 1 aromatic heterocycles. The fourth-order valence-electron chi connectivity index (χ4n) is 3.27. The van der Waals surface area contributed by atoms with E-state index in [0.717, 1.165) is 33.9 Å². The Kier molecular flexibility index (Phi) is 5.90. The second-order valence-corrected chi connectivity index (χ2v) is 7.07. The first kappa shape index (κ1) is 19.5. The standard InChI is InChI=1S/C27H24N2O/c1-21-3-9-24(10-4-21)29(26-13-15-27(30-2)16-14-26)25-11-7-22(8-12-25)5-6-23-17-19-28-20-18-23/h3-20H,1-2H3/b6-5+. The lowest BCUT2D eigenvalue weighted by atomic mass is 10.1. The van der Waals surface area contributed by atoms with Crippen LogP contribution in [0.2, 0.25) is 0 Å². The summed E-state index contributed by atoms with van der Waals surface area (Å²) in [5, 5.41) is 0. The Bertz CT molecular complexity index is 1100. The van der Waals surface area contributed by atoms with Crippen LogP contribution in [0.3, 0.4) is 0 Å². The molecule has 0 aliphatic carbocycles. The molecule has 0 bridgehead atoms. The summed E-state index contributed by atoms with van der Waals surface area (Å²) in [7, 11) is 1.69. The van der Waals surface area contributed by atoms with Gasteiger partial charge in [0.05, 0.1) is 7.11 Å². The van der Waals surface area contributed by atoms with Crippen LogP contribution in [0.4, 0.5) is 17.1 Å². The number of rotatable bonds is 6. The van der Waals surface area contributed by atoms with Crippen LogP contribution in [0.1, 0.15) is 16.7 Å². The van der Waals surface area contributed by atoms with E-state index in [1.54, 1.807) is 19.5 Å². The van der Waals surface area contributed by atoms with Gasteiger partial charge < -0.3 is 9.64 Å². The summed E-state index contributed by atoms with van der Waals surface area (Å²) >= 11 is 0. The molecule has 0 atom stereocenters. The number of nitrogens with zero attached hydrogens (tertiary/aromatic N) is 2. The minimum absolute atomic E-state index is 0.846. The zero-order valence-corrected chi connectivity index (χ0v) is 17.2. The van der Waals surface area contributed by atoms with Gasteiger partial charge in [0.1, 0.15) is 5.75 Å². The van der Waals surface area contributed by atoms with Gasteiger partial charge in [-0.25, -0.2) is 0 Å². The highest BCUT2D eigenvalue weighted by molar-refractivity contribution is 5.78. The van der Waals surface area contributed by atoms with Crippen molar-refractivity contribution in [1.29, 1.82) is 0 Å². The van der Waals surface area contributed by atoms with Crippen molar-refractivity contribution in [3.8, 4) is 5.75 Å². The number of aromatic nitrogens is 1. The van der Waals surface area contributed by atoms with Crippen molar-refractivity contribution >= 4 is 29.2 Å². The van der Waals surface area contributed by atoms with Gasteiger partial charge in [-0.2, -0.15) is 0 Å². The molecule has 0 aliphatic heterocycles. The number of benzene rings is 3. The van der Waals surface area contributed by atoms with Gasteiger partial charge >= 0.3 is 0 Å². The summed E-state index contributed by atoms with van der Waals surface area (Å²) in [6.07, 6.45) is 7.81. The van der Waals surface area contributed by atoms with Crippen molar-refractivity contribution < 1.29 is 4.74 Å². The summed E-state index contributed by atoms with van der Waals surface area (Å²) in [4.78, 5) is 6.30. The Morgan fingerprint density at radius 2 is 1.10 bits per heavy atom. The van der Waals surface area contributed by atoms with Gasteiger partial charge in [-0.05, 0) is 78.7 Å². The maximum Gasteiger partial charge on any atom is 0.119 e. The van der Waals surface area contributed by atoms with Crippen molar-refractivity contribution in [3.05, 3.63) is 114 Å². The van der Waals surface area contributed by atoms with Crippen LogP contribution < -0.4 is 9.64 Å². The summed E-state index contributed by atoms with van der Waals surface area (Å²) in [6, 6.07) is 29.3. The Labute approximate surface area is 177 Å². The molecule has 1 heterocycles. The molecule has 148 valence electrons. The maximum atomic E-state index is 5.33. The zero-order valence-electron chi connectivity index (χ0n) is 17.2. The third-order valence-electron chi connectivity index (χ3n) is 4.95. The Hall–Kier alpha value is -3.85. The number of anilines is 3. The molecule has 0 spiro atoms. The molecule has 3 heteroatoms. The van der Waals surface area contributed by atoms with Gasteiger partial charge in [0.2, 0.25) is 0 Å². The molecule has 4 aromatic rings. The number of methoxy groups -OCH3 is 1. The Balaban J connectivity index is 1.66. The van der Waals surface area contributed by atoms with Crippen LogP contribution in [-0.2, 0) is 0 Å². The number of hydrogen-bond donors (Lipinski definition) is 0. The summed E-state index contributed by atoms with van der Waals surface area (Å²) in [5.74, 6) is 0.846. The van der Waals surface area contributed by atoms with E-state index < -0.39 is 0 Å². The molecule has 0 unspecified atom stereocenters. The molecule has 3 aromatic carbocycles. The smallest absolute Gasteiger partial charge is 0.119 e. The topological polar surface area (TPSA) is 25.4 Å². The molecule has 0 saturated carbocycles. The highest BCUT2D eigenvalue weighted by atomic mass is 16.5. The van der Waals surface area contributed by atoms with E-state index in [1.165, 1.54) is 5.56 Å². The lowest BCUT2D eigenvalue weighted by molar-refractivity contribution is 0.415. The largest absolute Gasteiger partial charge is 0.497 e. The van der Waals surface area contributed by atoms with Crippen molar-refractivity contribution in [3.63, 3.8) is 0 Å². The first-order valence-electron chi connectivity index (χ1n) is 9.92. The van der Waals surface area contributed by atoms with Gasteiger partial charge in [0.15, 0.2) is 0 Å². The molecule has 4 rings (SSSR count). The van der Waals surface area contributed by atoms with Crippen LogP contribution in [0, 0.1) is 6.92 Å². The molecule has 0 amide bonds. The van der Waals surface area contributed by atoms with Crippen molar-refractivity contribution in [2.24, 2.45) is 0 Å². The second-order valence-electron chi connectivity index (χ2n) is 7.07. The average Bonchev–Trinajstić information content (AvgIpc) is 2.81. The van der Waals surface area contributed by atoms with E-state index in [4.69, 9.17) is 4.74 Å². The van der Waals surface area contributed by atoms with E-state index in [1.807, 2.05) is 24.3 Å². The molecule has 3 nitrogen and oxygen atoms in total.